The highest BCUT2D eigenvalue weighted by molar-refractivity contribution is 5.75. The van der Waals surface area contributed by atoms with E-state index in [0.717, 1.165) is 43.4 Å². The van der Waals surface area contributed by atoms with Crippen LogP contribution in [0, 0.1) is 0 Å². The number of hydrogen-bond acceptors (Lipinski definition) is 4. The highest BCUT2D eigenvalue weighted by atomic mass is 16.3. The molecule has 6 nitrogen and oxygen atoms in total. The maximum atomic E-state index is 12.1. The Kier molecular flexibility index (Phi) is 4.37. The van der Waals surface area contributed by atoms with Crippen LogP contribution in [-0.4, -0.2) is 15.7 Å². The number of amides is 1. The molecule has 2 aromatic rings. The van der Waals surface area contributed by atoms with Gasteiger partial charge in [-0.3, -0.25) is 9.59 Å². The average Bonchev–Trinajstić information content (AvgIpc) is 2.92. The molecule has 22 heavy (non-hydrogen) atoms. The molecule has 0 saturated heterocycles. The summed E-state index contributed by atoms with van der Waals surface area (Å²) in [4.78, 5) is 24.0. The Labute approximate surface area is 128 Å². The van der Waals surface area contributed by atoms with Crippen molar-refractivity contribution in [2.75, 3.05) is 0 Å². The lowest BCUT2D eigenvalue weighted by Gasteiger charge is -2.09. The Morgan fingerprint density at radius 3 is 3.00 bits per heavy atom. The third kappa shape index (κ3) is 3.44. The SMILES string of the molecule is O=C(Cn1nc2c(cc1=O)CCCCC2)NCc1ccco1. The Morgan fingerprint density at radius 1 is 1.32 bits per heavy atom. The Hall–Kier alpha value is -2.37. The number of nitrogens with zero attached hydrogens (tertiary/aromatic N) is 2. The molecule has 0 spiro atoms. The zero-order valence-electron chi connectivity index (χ0n) is 12.4. The molecule has 2 aromatic heterocycles. The maximum Gasteiger partial charge on any atom is 0.267 e. The monoisotopic (exact) mass is 301 g/mol. The van der Waals surface area contributed by atoms with E-state index in [2.05, 4.69) is 10.4 Å². The summed E-state index contributed by atoms with van der Waals surface area (Å²) in [6.07, 6.45) is 6.69. The number of fused-ring (bicyclic) bond motifs is 1. The minimum Gasteiger partial charge on any atom is -0.467 e. The van der Waals surface area contributed by atoms with Crippen LogP contribution in [-0.2, 0) is 30.7 Å². The highest BCUT2D eigenvalue weighted by Crippen LogP contribution is 2.16. The number of aryl methyl sites for hydroxylation is 2. The van der Waals surface area contributed by atoms with Crippen LogP contribution < -0.4 is 10.9 Å². The summed E-state index contributed by atoms with van der Waals surface area (Å²) in [6, 6.07) is 5.18. The van der Waals surface area contributed by atoms with E-state index in [4.69, 9.17) is 4.42 Å². The first-order valence-corrected chi connectivity index (χ1v) is 7.61. The van der Waals surface area contributed by atoms with Crippen molar-refractivity contribution in [1.82, 2.24) is 15.1 Å². The fourth-order valence-corrected chi connectivity index (χ4v) is 2.68. The third-order valence-corrected chi connectivity index (χ3v) is 3.86. The number of carbonyl (C=O) groups is 1. The molecule has 1 amide bonds. The van der Waals surface area contributed by atoms with Crippen LogP contribution >= 0.6 is 0 Å². The Morgan fingerprint density at radius 2 is 2.18 bits per heavy atom. The standard InChI is InChI=1S/C16H19N3O3/c20-15(17-10-13-6-4-8-22-13)11-19-16(21)9-12-5-2-1-3-7-14(12)18-19/h4,6,8-9H,1-3,5,7,10-11H2,(H,17,20). The summed E-state index contributed by atoms with van der Waals surface area (Å²) >= 11 is 0. The van der Waals surface area contributed by atoms with Crippen LogP contribution in [0.15, 0.2) is 33.7 Å². The maximum absolute atomic E-state index is 12.1. The van der Waals surface area contributed by atoms with Gasteiger partial charge in [0, 0.05) is 6.07 Å². The molecule has 116 valence electrons. The van der Waals surface area contributed by atoms with Gasteiger partial charge in [-0.2, -0.15) is 5.10 Å². The second-order valence-electron chi connectivity index (χ2n) is 5.53. The molecular formula is C16H19N3O3. The first-order chi connectivity index (χ1) is 10.7. The van der Waals surface area contributed by atoms with E-state index in [-0.39, 0.29) is 18.0 Å². The molecule has 0 fully saturated rings. The normalized spacial score (nSPS) is 14.2. The molecule has 1 N–H and O–H groups in total. The summed E-state index contributed by atoms with van der Waals surface area (Å²) < 4.78 is 6.40. The van der Waals surface area contributed by atoms with Gasteiger partial charge < -0.3 is 9.73 Å². The summed E-state index contributed by atoms with van der Waals surface area (Å²) in [5.41, 5.74) is 1.78. The second kappa shape index (κ2) is 6.60. The van der Waals surface area contributed by atoms with E-state index < -0.39 is 0 Å². The fraction of sp³-hybridized carbons (Fsp3) is 0.438. The third-order valence-electron chi connectivity index (χ3n) is 3.86. The molecule has 0 unspecified atom stereocenters. The molecule has 6 heteroatoms. The highest BCUT2D eigenvalue weighted by Gasteiger charge is 2.13. The predicted molar refractivity (Wildman–Crippen MR) is 80.3 cm³/mol. The number of aromatic nitrogens is 2. The Bertz CT molecular complexity index is 704. The van der Waals surface area contributed by atoms with Crippen molar-refractivity contribution in [2.24, 2.45) is 0 Å². The minimum atomic E-state index is -0.250. The Balaban J connectivity index is 1.68. The van der Waals surface area contributed by atoms with Crippen molar-refractivity contribution in [1.29, 1.82) is 0 Å². The molecular weight excluding hydrogens is 282 g/mol. The van der Waals surface area contributed by atoms with E-state index in [0.29, 0.717) is 12.3 Å². The number of carbonyl (C=O) groups excluding carboxylic acids is 1. The molecule has 0 aromatic carbocycles. The lowest BCUT2D eigenvalue weighted by Crippen LogP contribution is -2.34. The molecule has 2 heterocycles. The molecule has 0 radical (unpaired) electrons. The zero-order valence-corrected chi connectivity index (χ0v) is 12.4. The minimum absolute atomic E-state index is 0.0627. The number of furan rings is 1. The van der Waals surface area contributed by atoms with Crippen LogP contribution in [0.2, 0.25) is 0 Å². The van der Waals surface area contributed by atoms with Gasteiger partial charge in [-0.15, -0.1) is 0 Å². The topological polar surface area (TPSA) is 77.1 Å². The fourth-order valence-electron chi connectivity index (χ4n) is 2.68. The van der Waals surface area contributed by atoms with Crippen LogP contribution in [0.5, 0.6) is 0 Å². The van der Waals surface area contributed by atoms with Gasteiger partial charge >= 0.3 is 0 Å². The van der Waals surface area contributed by atoms with Crippen LogP contribution in [0.4, 0.5) is 0 Å². The van der Waals surface area contributed by atoms with Gasteiger partial charge in [0.15, 0.2) is 0 Å². The van der Waals surface area contributed by atoms with Gasteiger partial charge in [-0.25, -0.2) is 4.68 Å². The van der Waals surface area contributed by atoms with Crippen molar-refractivity contribution in [3.05, 3.63) is 51.8 Å². The number of rotatable bonds is 4. The van der Waals surface area contributed by atoms with E-state index in [1.54, 1.807) is 24.5 Å². The average molecular weight is 301 g/mol. The van der Waals surface area contributed by atoms with Gasteiger partial charge in [0.2, 0.25) is 5.91 Å². The van der Waals surface area contributed by atoms with E-state index in [1.165, 1.54) is 4.68 Å². The van der Waals surface area contributed by atoms with Crippen molar-refractivity contribution < 1.29 is 9.21 Å². The van der Waals surface area contributed by atoms with Crippen LogP contribution in [0.25, 0.3) is 0 Å². The van der Waals surface area contributed by atoms with Crippen molar-refractivity contribution in [3.63, 3.8) is 0 Å². The molecule has 0 atom stereocenters. The number of nitrogens with one attached hydrogen (secondary N) is 1. The lowest BCUT2D eigenvalue weighted by atomic mass is 10.1. The molecule has 0 bridgehead atoms. The van der Waals surface area contributed by atoms with E-state index in [9.17, 15) is 9.59 Å². The van der Waals surface area contributed by atoms with Gasteiger partial charge in [0.05, 0.1) is 18.5 Å². The zero-order chi connectivity index (χ0) is 15.4. The van der Waals surface area contributed by atoms with Crippen LogP contribution in [0.1, 0.15) is 36.3 Å². The van der Waals surface area contributed by atoms with Gasteiger partial charge in [-0.05, 0) is 43.4 Å². The van der Waals surface area contributed by atoms with Crippen molar-refractivity contribution in [2.45, 2.75) is 45.2 Å². The summed E-state index contributed by atoms with van der Waals surface area (Å²) in [5, 5.41) is 7.10. The van der Waals surface area contributed by atoms with Crippen molar-refractivity contribution >= 4 is 5.91 Å². The molecule has 3 rings (SSSR count). The quantitative estimate of drug-likeness (QED) is 0.866. The first-order valence-electron chi connectivity index (χ1n) is 7.61. The van der Waals surface area contributed by atoms with Gasteiger partial charge in [0.25, 0.3) is 5.56 Å². The first kappa shape index (κ1) is 14.6. The molecule has 1 aliphatic rings. The molecule has 1 aliphatic carbocycles. The largest absolute Gasteiger partial charge is 0.467 e. The molecule has 0 saturated carbocycles. The molecule has 0 aliphatic heterocycles. The van der Waals surface area contributed by atoms with E-state index >= 15 is 0 Å². The van der Waals surface area contributed by atoms with E-state index in [1.807, 2.05) is 0 Å². The predicted octanol–water partition coefficient (Wildman–Crippen LogP) is 1.42. The summed E-state index contributed by atoms with van der Waals surface area (Å²) in [5.74, 6) is 0.426. The number of hydrogen-bond donors (Lipinski definition) is 1. The van der Waals surface area contributed by atoms with Gasteiger partial charge in [0.1, 0.15) is 12.3 Å². The second-order valence-corrected chi connectivity index (χ2v) is 5.53. The summed E-state index contributed by atoms with van der Waals surface area (Å²) in [7, 11) is 0. The smallest absolute Gasteiger partial charge is 0.267 e. The van der Waals surface area contributed by atoms with Crippen molar-refractivity contribution in [3.8, 4) is 0 Å². The van der Waals surface area contributed by atoms with Crippen LogP contribution in [0.3, 0.4) is 0 Å². The van der Waals surface area contributed by atoms with Gasteiger partial charge in [-0.1, -0.05) is 6.42 Å². The lowest BCUT2D eigenvalue weighted by molar-refractivity contribution is -0.122. The summed E-state index contributed by atoms with van der Waals surface area (Å²) in [6.45, 7) is 0.248.